The summed E-state index contributed by atoms with van der Waals surface area (Å²) in [5.74, 6) is 0.193. The molecule has 0 saturated carbocycles. The summed E-state index contributed by atoms with van der Waals surface area (Å²) >= 11 is 0. The minimum atomic E-state index is -0.336. The number of amides is 1. The molecule has 1 aliphatic rings. The molecule has 25 heavy (non-hydrogen) atoms. The fraction of sp³-hybridized carbons (Fsp3) is 0.294. The van der Waals surface area contributed by atoms with E-state index in [1.807, 2.05) is 17.7 Å². The molecule has 0 unspecified atom stereocenters. The van der Waals surface area contributed by atoms with Crippen molar-refractivity contribution in [3.05, 3.63) is 54.2 Å². The highest BCUT2D eigenvalue weighted by atomic mass is 19.1. The van der Waals surface area contributed by atoms with Crippen molar-refractivity contribution < 1.29 is 9.18 Å². The van der Waals surface area contributed by atoms with Gasteiger partial charge in [0.25, 0.3) is 5.91 Å². The normalized spacial score (nSPS) is 19.7. The van der Waals surface area contributed by atoms with Gasteiger partial charge in [0.1, 0.15) is 11.6 Å². The maximum Gasteiger partial charge on any atom is 0.281 e. The van der Waals surface area contributed by atoms with E-state index < -0.39 is 0 Å². The fourth-order valence-electron chi connectivity index (χ4n) is 3.25. The first-order valence-corrected chi connectivity index (χ1v) is 8.10. The maximum absolute atomic E-state index is 13.0. The van der Waals surface area contributed by atoms with Crippen molar-refractivity contribution in [1.82, 2.24) is 24.8 Å². The van der Waals surface area contributed by atoms with Crippen LogP contribution in [-0.4, -0.2) is 36.7 Å². The number of anilines is 1. The van der Waals surface area contributed by atoms with Gasteiger partial charge in [-0.1, -0.05) is 0 Å². The van der Waals surface area contributed by atoms with Crippen LogP contribution in [0.2, 0.25) is 0 Å². The first-order chi connectivity index (χ1) is 12.0. The summed E-state index contributed by atoms with van der Waals surface area (Å²) in [5, 5.41) is 12.7. The van der Waals surface area contributed by atoms with Gasteiger partial charge in [-0.15, -0.1) is 5.10 Å². The first-order valence-electron chi connectivity index (χ1n) is 8.10. The van der Waals surface area contributed by atoms with Gasteiger partial charge in [-0.3, -0.25) is 9.69 Å². The molecule has 1 aromatic carbocycles. The molecule has 0 radical (unpaired) electrons. The zero-order valence-electron chi connectivity index (χ0n) is 13.9. The van der Waals surface area contributed by atoms with Crippen LogP contribution in [0.25, 0.3) is 5.69 Å². The molecule has 3 heterocycles. The molecule has 0 N–H and O–H groups in total. The van der Waals surface area contributed by atoms with Crippen molar-refractivity contribution in [1.29, 1.82) is 0 Å². The van der Waals surface area contributed by atoms with Crippen LogP contribution in [0, 0.1) is 5.82 Å². The molecule has 2 atom stereocenters. The van der Waals surface area contributed by atoms with E-state index in [0.717, 1.165) is 12.2 Å². The highest BCUT2D eigenvalue weighted by Gasteiger charge is 2.34. The Morgan fingerprint density at radius 1 is 1.12 bits per heavy atom. The Hall–Kier alpha value is -3.03. The minimum Gasteiger partial charge on any atom is -0.289 e. The third-order valence-electron chi connectivity index (χ3n) is 4.42. The Morgan fingerprint density at radius 2 is 1.88 bits per heavy atom. The van der Waals surface area contributed by atoms with Crippen LogP contribution in [0.15, 0.2) is 42.7 Å². The summed E-state index contributed by atoms with van der Waals surface area (Å²) in [5.41, 5.74) is 0.823. The number of carbonyl (C=O) groups excluding carboxylic acids is 1. The molecule has 4 rings (SSSR count). The van der Waals surface area contributed by atoms with Crippen molar-refractivity contribution >= 4 is 11.7 Å². The number of hydrogen-bond acceptors (Lipinski definition) is 4. The number of carbonyl (C=O) groups is 1. The topological polar surface area (TPSA) is 68.8 Å². The molecule has 128 valence electrons. The highest BCUT2D eigenvalue weighted by Crippen LogP contribution is 2.32. The highest BCUT2D eigenvalue weighted by molar-refractivity contribution is 6.04. The number of fused-ring (bicyclic) bond motifs is 1. The lowest BCUT2D eigenvalue weighted by Crippen LogP contribution is -2.45. The molecule has 8 heteroatoms. The van der Waals surface area contributed by atoms with Gasteiger partial charge in [0, 0.05) is 12.1 Å². The SMILES string of the molecule is C[C@@H]1C[C@H](C)n2nccc2N1C(=O)c1cnn(-c2ccc(F)cc2)n1. The number of nitrogens with zero attached hydrogens (tertiary/aromatic N) is 6. The third kappa shape index (κ3) is 2.59. The summed E-state index contributed by atoms with van der Waals surface area (Å²) in [6, 6.07) is 7.86. The van der Waals surface area contributed by atoms with E-state index in [1.165, 1.54) is 23.1 Å². The van der Waals surface area contributed by atoms with Crippen LogP contribution in [0.3, 0.4) is 0 Å². The molecule has 0 fully saturated rings. The van der Waals surface area contributed by atoms with Crippen LogP contribution in [0.1, 0.15) is 36.8 Å². The summed E-state index contributed by atoms with van der Waals surface area (Å²) in [6.07, 6.45) is 3.93. The Bertz CT molecular complexity index is 915. The molecule has 0 bridgehead atoms. The van der Waals surface area contributed by atoms with Crippen LogP contribution in [0.4, 0.5) is 10.2 Å². The molecule has 0 spiro atoms. The molecule has 7 nitrogen and oxygen atoms in total. The standard InChI is InChI=1S/C17H17FN6O/c1-11-9-12(2)23-16(7-8-19-23)22(11)17(25)15-10-20-24(21-15)14-5-3-13(18)4-6-14/h3-8,10-12H,9H2,1-2H3/t11-,12+/m1/s1. The number of benzene rings is 1. The van der Waals surface area contributed by atoms with Crippen molar-refractivity contribution in [2.45, 2.75) is 32.4 Å². The number of aromatic nitrogens is 5. The second-order valence-corrected chi connectivity index (χ2v) is 6.24. The zero-order chi connectivity index (χ0) is 17.6. The van der Waals surface area contributed by atoms with Gasteiger partial charge in [0.05, 0.1) is 24.1 Å². The third-order valence-corrected chi connectivity index (χ3v) is 4.42. The Labute approximate surface area is 143 Å². The largest absolute Gasteiger partial charge is 0.289 e. The zero-order valence-corrected chi connectivity index (χ0v) is 13.9. The first kappa shape index (κ1) is 15.5. The van der Waals surface area contributed by atoms with Crippen LogP contribution >= 0.6 is 0 Å². The van der Waals surface area contributed by atoms with Gasteiger partial charge in [-0.25, -0.2) is 9.07 Å². The van der Waals surface area contributed by atoms with E-state index >= 15 is 0 Å². The molecule has 3 aromatic rings. The Kier molecular flexibility index (Phi) is 3.60. The summed E-state index contributed by atoms with van der Waals surface area (Å²) in [7, 11) is 0. The quantitative estimate of drug-likeness (QED) is 0.719. The average Bonchev–Trinajstić information content (AvgIpc) is 3.25. The van der Waals surface area contributed by atoms with Gasteiger partial charge in [0.15, 0.2) is 5.69 Å². The fourth-order valence-corrected chi connectivity index (χ4v) is 3.25. The smallest absolute Gasteiger partial charge is 0.281 e. The monoisotopic (exact) mass is 340 g/mol. The van der Waals surface area contributed by atoms with Gasteiger partial charge in [0.2, 0.25) is 0 Å². The molecular weight excluding hydrogens is 323 g/mol. The van der Waals surface area contributed by atoms with E-state index in [0.29, 0.717) is 5.69 Å². The molecule has 2 aromatic heterocycles. The van der Waals surface area contributed by atoms with E-state index in [1.54, 1.807) is 23.2 Å². The molecule has 0 saturated heterocycles. The van der Waals surface area contributed by atoms with Crippen molar-refractivity contribution in [3.8, 4) is 5.69 Å². The van der Waals surface area contributed by atoms with Crippen LogP contribution < -0.4 is 4.90 Å². The number of halogens is 1. The van der Waals surface area contributed by atoms with E-state index in [2.05, 4.69) is 22.2 Å². The maximum atomic E-state index is 13.0. The predicted octanol–water partition coefficient (Wildman–Crippen LogP) is 2.60. The summed E-state index contributed by atoms with van der Waals surface area (Å²) < 4.78 is 14.9. The number of hydrogen-bond donors (Lipinski definition) is 0. The minimum absolute atomic E-state index is 0.0303. The summed E-state index contributed by atoms with van der Waals surface area (Å²) in [6.45, 7) is 4.09. The van der Waals surface area contributed by atoms with Gasteiger partial charge in [-0.2, -0.15) is 15.0 Å². The van der Waals surface area contributed by atoms with Gasteiger partial charge < -0.3 is 0 Å². The average molecular weight is 340 g/mol. The predicted molar refractivity (Wildman–Crippen MR) is 89.1 cm³/mol. The lowest BCUT2D eigenvalue weighted by atomic mass is 10.1. The second kappa shape index (κ2) is 5.80. The van der Waals surface area contributed by atoms with Crippen molar-refractivity contribution in [2.75, 3.05) is 4.90 Å². The molecule has 1 amide bonds. The van der Waals surface area contributed by atoms with Gasteiger partial charge >= 0.3 is 0 Å². The lowest BCUT2D eigenvalue weighted by molar-refractivity contribution is 0.0961. The summed E-state index contributed by atoms with van der Waals surface area (Å²) in [4.78, 5) is 16.0. The van der Waals surface area contributed by atoms with Crippen molar-refractivity contribution in [3.63, 3.8) is 0 Å². The molecular formula is C17H17FN6O. The Morgan fingerprint density at radius 3 is 2.64 bits per heavy atom. The number of rotatable bonds is 2. The van der Waals surface area contributed by atoms with E-state index in [-0.39, 0.29) is 29.5 Å². The molecule has 1 aliphatic heterocycles. The van der Waals surface area contributed by atoms with Crippen molar-refractivity contribution in [2.24, 2.45) is 0 Å². The second-order valence-electron chi connectivity index (χ2n) is 6.24. The van der Waals surface area contributed by atoms with Gasteiger partial charge in [-0.05, 0) is 44.5 Å². The Balaban J connectivity index is 1.66. The lowest BCUT2D eigenvalue weighted by Gasteiger charge is -2.36. The van der Waals surface area contributed by atoms with Crippen LogP contribution in [-0.2, 0) is 0 Å². The van der Waals surface area contributed by atoms with Crippen LogP contribution in [0.5, 0.6) is 0 Å². The van der Waals surface area contributed by atoms with E-state index in [4.69, 9.17) is 0 Å². The van der Waals surface area contributed by atoms with E-state index in [9.17, 15) is 9.18 Å². The molecule has 0 aliphatic carbocycles.